The zero-order chi connectivity index (χ0) is 17.5. The molecule has 0 atom stereocenters. The van der Waals surface area contributed by atoms with Gasteiger partial charge in [-0.05, 0) is 78.3 Å². The van der Waals surface area contributed by atoms with Crippen molar-refractivity contribution in [3.05, 3.63) is 51.1 Å². The monoisotopic (exact) mass is 464 g/mol. The van der Waals surface area contributed by atoms with E-state index in [0.29, 0.717) is 18.5 Å². The number of hydrogen-bond donors (Lipinski definition) is 2. The van der Waals surface area contributed by atoms with E-state index in [1.807, 2.05) is 19.1 Å². The van der Waals surface area contributed by atoms with Crippen LogP contribution in [0.25, 0.3) is 0 Å². The van der Waals surface area contributed by atoms with E-state index in [-0.39, 0.29) is 11.4 Å². The standard InChI is InChI=1S/C16H15F2IN2O2S/c1-9-8-10(19)2-6-13(9)20-16-14(7-5-12(17)15(16)18)21-24(22,23)11-3-4-11/h2,5-8,11,20-21H,3-4H2,1H3. The number of rotatable bonds is 5. The number of nitrogens with one attached hydrogen (secondary N) is 2. The molecule has 0 aromatic heterocycles. The number of halogens is 3. The fraction of sp³-hybridized carbons (Fsp3) is 0.250. The lowest BCUT2D eigenvalue weighted by Gasteiger charge is -2.16. The molecule has 2 aromatic rings. The Balaban J connectivity index is 2.00. The Labute approximate surface area is 152 Å². The quantitative estimate of drug-likeness (QED) is 0.640. The maximum absolute atomic E-state index is 14.3. The van der Waals surface area contributed by atoms with E-state index in [1.165, 1.54) is 6.07 Å². The van der Waals surface area contributed by atoms with Gasteiger partial charge in [-0.3, -0.25) is 4.72 Å². The summed E-state index contributed by atoms with van der Waals surface area (Å²) in [7, 11) is -3.58. The first-order valence-corrected chi connectivity index (χ1v) is 9.93. The topological polar surface area (TPSA) is 58.2 Å². The minimum atomic E-state index is -3.58. The maximum atomic E-state index is 14.3. The lowest BCUT2D eigenvalue weighted by molar-refractivity contribution is 0.512. The summed E-state index contributed by atoms with van der Waals surface area (Å²) in [5.41, 5.74) is 1.19. The molecule has 0 heterocycles. The maximum Gasteiger partial charge on any atom is 0.235 e. The number of hydrogen-bond acceptors (Lipinski definition) is 3. The number of aryl methyl sites for hydroxylation is 1. The number of benzene rings is 2. The van der Waals surface area contributed by atoms with E-state index in [9.17, 15) is 17.2 Å². The van der Waals surface area contributed by atoms with Crippen molar-refractivity contribution < 1.29 is 17.2 Å². The Morgan fingerprint density at radius 2 is 1.79 bits per heavy atom. The lowest BCUT2D eigenvalue weighted by atomic mass is 10.2. The lowest BCUT2D eigenvalue weighted by Crippen LogP contribution is -2.18. The fourth-order valence-corrected chi connectivity index (χ4v) is 4.32. The van der Waals surface area contributed by atoms with Crippen molar-refractivity contribution in [2.45, 2.75) is 25.0 Å². The highest BCUT2D eigenvalue weighted by Gasteiger charge is 2.36. The highest BCUT2D eigenvalue weighted by Crippen LogP contribution is 2.35. The largest absolute Gasteiger partial charge is 0.351 e. The molecule has 3 rings (SSSR count). The highest BCUT2D eigenvalue weighted by atomic mass is 127. The molecule has 0 amide bonds. The van der Waals surface area contributed by atoms with Crippen LogP contribution >= 0.6 is 22.6 Å². The molecule has 1 fully saturated rings. The van der Waals surface area contributed by atoms with Crippen LogP contribution in [0.4, 0.5) is 25.8 Å². The molecule has 0 bridgehead atoms. The summed E-state index contributed by atoms with van der Waals surface area (Å²) >= 11 is 2.15. The van der Waals surface area contributed by atoms with Crippen LogP contribution in [0.15, 0.2) is 30.3 Å². The number of sulfonamides is 1. The zero-order valence-electron chi connectivity index (χ0n) is 12.7. The van der Waals surface area contributed by atoms with E-state index in [1.54, 1.807) is 6.07 Å². The van der Waals surface area contributed by atoms with Gasteiger partial charge >= 0.3 is 0 Å². The van der Waals surface area contributed by atoms with E-state index in [4.69, 9.17) is 0 Å². The highest BCUT2D eigenvalue weighted by molar-refractivity contribution is 14.1. The SMILES string of the molecule is Cc1cc(I)ccc1Nc1c(NS(=O)(=O)C2CC2)ccc(F)c1F. The summed E-state index contributed by atoms with van der Waals surface area (Å²) in [6, 6.07) is 7.57. The van der Waals surface area contributed by atoms with Gasteiger partial charge in [0, 0.05) is 9.26 Å². The van der Waals surface area contributed by atoms with Gasteiger partial charge in [-0.1, -0.05) is 0 Å². The molecule has 1 aliphatic rings. The van der Waals surface area contributed by atoms with E-state index < -0.39 is 26.9 Å². The summed E-state index contributed by atoms with van der Waals surface area (Å²) < 4.78 is 55.5. The van der Waals surface area contributed by atoms with Gasteiger partial charge in [-0.25, -0.2) is 17.2 Å². The molecule has 1 aliphatic carbocycles. The fourth-order valence-electron chi connectivity index (χ4n) is 2.27. The average molecular weight is 464 g/mol. The Hall–Kier alpha value is -1.42. The predicted molar refractivity (Wildman–Crippen MR) is 99.1 cm³/mol. The van der Waals surface area contributed by atoms with Crippen LogP contribution in [-0.4, -0.2) is 13.7 Å². The first-order chi connectivity index (χ1) is 11.3. The summed E-state index contributed by atoms with van der Waals surface area (Å²) in [6.45, 7) is 1.83. The molecule has 2 N–H and O–H groups in total. The van der Waals surface area contributed by atoms with Crippen LogP contribution in [0.3, 0.4) is 0 Å². The van der Waals surface area contributed by atoms with Crippen molar-refractivity contribution in [3.8, 4) is 0 Å². The molecule has 0 aliphatic heterocycles. The molecule has 0 saturated heterocycles. The van der Waals surface area contributed by atoms with Gasteiger partial charge in [0.15, 0.2) is 11.6 Å². The molecule has 1 saturated carbocycles. The summed E-state index contributed by atoms with van der Waals surface area (Å²) in [4.78, 5) is 0. The second kappa shape index (κ2) is 6.47. The second-order valence-corrected chi connectivity index (χ2v) is 8.92. The summed E-state index contributed by atoms with van der Waals surface area (Å²) in [5.74, 6) is -2.17. The van der Waals surface area contributed by atoms with Gasteiger partial charge in [0.2, 0.25) is 10.0 Å². The molecular weight excluding hydrogens is 449 g/mol. The minimum absolute atomic E-state index is 0.00116. The minimum Gasteiger partial charge on any atom is -0.351 e. The third-order valence-electron chi connectivity index (χ3n) is 3.76. The van der Waals surface area contributed by atoms with Crippen molar-refractivity contribution in [1.29, 1.82) is 0 Å². The first-order valence-electron chi connectivity index (χ1n) is 7.31. The van der Waals surface area contributed by atoms with Crippen molar-refractivity contribution in [2.75, 3.05) is 10.0 Å². The third-order valence-corrected chi connectivity index (χ3v) is 6.28. The van der Waals surface area contributed by atoms with Gasteiger partial charge < -0.3 is 5.32 Å². The van der Waals surface area contributed by atoms with Crippen LogP contribution < -0.4 is 10.0 Å². The Morgan fingerprint density at radius 3 is 2.42 bits per heavy atom. The van der Waals surface area contributed by atoms with Crippen LogP contribution in [0.5, 0.6) is 0 Å². The van der Waals surface area contributed by atoms with E-state index >= 15 is 0 Å². The number of anilines is 3. The smallest absolute Gasteiger partial charge is 0.235 e. The Morgan fingerprint density at radius 1 is 1.12 bits per heavy atom. The molecular formula is C16H15F2IN2O2S. The molecule has 0 radical (unpaired) electrons. The molecule has 4 nitrogen and oxygen atoms in total. The summed E-state index contributed by atoms with van der Waals surface area (Å²) in [6.07, 6.45) is 1.16. The van der Waals surface area contributed by atoms with E-state index in [0.717, 1.165) is 15.2 Å². The van der Waals surface area contributed by atoms with Gasteiger partial charge in [-0.2, -0.15) is 0 Å². The van der Waals surface area contributed by atoms with Gasteiger partial charge in [0.1, 0.15) is 5.69 Å². The van der Waals surface area contributed by atoms with Crippen LogP contribution in [0.1, 0.15) is 18.4 Å². The molecule has 0 spiro atoms. The van der Waals surface area contributed by atoms with Gasteiger partial charge in [-0.15, -0.1) is 0 Å². The molecule has 2 aromatic carbocycles. The summed E-state index contributed by atoms with van der Waals surface area (Å²) in [5, 5.41) is 2.35. The van der Waals surface area contributed by atoms with Gasteiger partial charge in [0.25, 0.3) is 0 Å². The van der Waals surface area contributed by atoms with Crippen molar-refractivity contribution in [1.82, 2.24) is 0 Å². The van der Waals surface area contributed by atoms with Gasteiger partial charge in [0.05, 0.1) is 10.9 Å². The van der Waals surface area contributed by atoms with Crippen molar-refractivity contribution >= 4 is 49.7 Å². The molecule has 8 heteroatoms. The first kappa shape index (κ1) is 17.4. The van der Waals surface area contributed by atoms with Crippen LogP contribution in [0.2, 0.25) is 0 Å². The van der Waals surface area contributed by atoms with E-state index in [2.05, 4.69) is 32.6 Å². The molecule has 0 unspecified atom stereocenters. The average Bonchev–Trinajstić information content (AvgIpc) is 3.34. The predicted octanol–water partition coefficient (Wildman–Crippen LogP) is 4.53. The van der Waals surface area contributed by atoms with Crippen LogP contribution in [-0.2, 0) is 10.0 Å². The Kier molecular flexibility index (Phi) is 4.69. The zero-order valence-corrected chi connectivity index (χ0v) is 15.7. The normalized spacial score (nSPS) is 14.5. The van der Waals surface area contributed by atoms with Crippen molar-refractivity contribution in [2.24, 2.45) is 0 Å². The third kappa shape index (κ3) is 3.64. The molecule has 24 heavy (non-hydrogen) atoms. The Bertz CT molecular complexity index is 899. The molecule has 128 valence electrons. The van der Waals surface area contributed by atoms with Crippen LogP contribution in [0, 0.1) is 22.1 Å². The van der Waals surface area contributed by atoms with Crippen molar-refractivity contribution in [3.63, 3.8) is 0 Å². The second-order valence-electron chi connectivity index (χ2n) is 5.71.